The average Bonchev–Trinajstić information content (AvgIpc) is 2.65. The van der Waals surface area contributed by atoms with Crippen LogP contribution in [0.2, 0.25) is 0 Å². The predicted octanol–water partition coefficient (Wildman–Crippen LogP) is 3.58. The summed E-state index contributed by atoms with van der Waals surface area (Å²) in [4.78, 5) is 25.0. The molecule has 2 unspecified atom stereocenters. The molecule has 4 heteroatoms. The van der Waals surface area contributed by atoms with Crippen LogP contribution in [0.3, 0.4) is 0 Å². The molecule has 4 nitrogen and oxygen atoms in total. The maximum atomic E-state index is 12.6. The number of amides is 2. The molecule has 2 aromatic rings. The van der Waals surface area contributed by atoms with E-state index in [1.807, 2.05) is 57.2 Å². The Bertz CT molecular complexity index is 699. The Hall–Kier alpha value is -2.62. The second-order valence-corrected chi connectivity index (χ2v) is 7.00. The Morgan fingerprint density at radius 1 is 0.846 bits per heavy atom. The quantitative estimate of drug-likeness (QED) is 0.763. The van der Waals surface area contributed by atoms with E-state index in [-0.39, 0.29) is 23.8 Å². The van der Waals surface area contributed by atoms with Gasteiger partial charge in [-0.15, -0.1) is 0 Å². The molecule has 2 amide bonds. The fourth-order valence-corrected chi connectivity index (χ4v) is 2.78. The molecule has 0 saturated carbocycles. The fraction of sp³-hybridized carbons (Fsp3) is 0.364. The van der Waals surface area contributed by atoms with E-state index in [1.54, 1.807) is 12.1 Å². The maximum absolute atomic E-state index is 12.6. The molecule has 0 spiro atoms. The first-order valence-electron chi connectivity index (χ1n) is 9.17. The molecule has 0 aliphatic rings. The summed E-state index contributed by atoms with van der Waals surface area (Å²) in [7, 11) is 0. The SMILES string of the molecule is CC(CCc1ccccc1)NC(=O)C(NC(=O)c1ccccc1)C(C)C. The third-order valence-corrected chi connectivity index (χ3v) is 4.37. The highest BCUT2D eigenvalue weighted by atomic mass is 16.2. The Labute approximate surface area is 156 Å². The molecular formula is C22H28N2O2. The van der Waals surface area contributed by atoms with Gasteiger partial charge in [0.1, 0.15) is 6.04 Å². The Balaban J connectivity index is 1.90. The van der Waals surface area contributed by atoms with Crippen LogP contribution in [0.5, 0.6) is 0 Å². The molecule has 0 aromatic heterocycles. The normalized spacial score (nSPS) is 13.1. The van der Waals surface area contributed by atoms with Gasteiger partial charge in [0.05, 0.1) is 0 Å². The van der Waals surface area contributed by atoms with E-state index in [9.17, 15) is 9.59 Å². The lowest BCUT2D eigenvalue weighted by Crippen LogP contribution is -2.51. The Morgan fingerprint density at radius 2 is 1.42 bits per heavy atom. The van der Waals surface area contributed by atoms with Crippen molar-refractivity contribution in [2.45, 2.75) is 45.7 Å². The highest BCUT2D eigenvalue weighted by Crippen LogP contribution is 2.08. The maximum Gasteiger partial charge on any atom is 0.251 e. The van der Waals surface area contributed by atoms with E-state index in [0.717, 1.165) is 12.8 Å². The Kier molecular flexibility index (Phi) is 7.39. The summed E-state index contributed by atoms with van der Waals surface area (Å²) in [6.45, 7) is 5.87. The van der Waals surface area contributed by atoms with Crippen molar-refractivity contribution < 1.29 is 9.59 Å². The van der Waals surface area contributed by atoms with E-state index in [0.29, 0.717) is 5.56 Å². The zero-order chi connectivity index (χ0) is 18.9. The molecule has 2 rings (SSSR count). The highest BCUT2D eigenvalue weighted by molar-refractivity contribution is 5.97. The lowest BCUT2D eigenvalue weighted by molar-refractivity contribution is -0.124. The lowest BCUT2D eigenvalue weighted by Gasteiger charge is -2.24. The largest absolute Gasteiger partial charge is 0.352 e. The lowest BCUT2D eigenvalue weighted by atomic mass is 10.0. The van der Waals surface area contributed by atoms with Crippen molar-refractivity contribution in [2.24, 2.45) is 5.92 Å². The highest BCUT2D eigenvalue weighted by Gasteiger charge is 2.25. The van der Waals surface area contributed by atoms with Gasteiger partial charge in [-0.25, -0.2) is 0 Å². The summed E-state index contributed by atoms with van der Waals surface area (Å²) in [6, 6.07) is 18.7. The van der Waals surface area contributed by atoms with Gasteiger partial charge >= 0.3 is 0 Å². The van der Waals surface area contributed by atoms with Crippen LogP contribution in [0.15, 0.2) is 60.7 Å². The molecule has 0 fully saturated rings. The predicted molar refractivity (Wildman–Crippen MR) is 105 cm³/mol. The third kappa shape index (κ3) is 6.03. The summed E-state index contributed by atoms with van der Waals surface area (Å²) in [5.74, 6) is -0.356. The van der Waals surface area contributed by atoms with Crippen LogP contribution in [0.25, 0.3) is 0 Å². The first kappa shape index (κ1) is 19.7. The number of nitrogens with one attached hydrogen (secondary N) is 2. The minimum absolute atomic E-state index is 0.00369. The van der Waals surface area contributed by atoms with Crippen molar-refractivity contribution in [2.75, 3.05) is 0 Å². The molecule has 2 atom stereocenters. The standard InChI is InChI=1S/C22H28N2O2/c1-16(2)20(24-21(25)19-12-8-5-9-13-19)22(26)23-17(3)14-15-18-10-6-4-7-11-18/h4-13,16-17,20H,14-15H2,1-3H3,(H,23,26)(H,24,25). The molecule has 0 aliphatic heterocycles. The van der Waals surface area contributed by atoms with Gasteiger partial charge in [-0.1, -0.05) is 62.4 Å². The number of rotatable bonds is 8. The molecular weight excluding hydrogens is 324 g/mol. The molecule has 2 aromatic carbocycles. The van der Waals surface area contributed by atoms with Gasteiger partial charge in [-0.3, -0.25) is 9.59 Å². The van der Waals surface area contributed by atoms with Gasteiger partial charge in [-0.2, -0.15) is 0 Å². The molecule has 0 radical (unpaired) electrons. The summed E-state index contributed by atoms with van der Waals surface area (Å²) >= 11 is 0. The number of carbonyl (C=O) groups is 2. The molecule has 138 valence electrons. The van der Waals surface area contributed by atoms with Crippen molar-refractivity contribution >= 4 is 11.8 Å². The van der Waals surface area contributed by atoms with Gasteiger partial charge in [-0.05, 0) is 43.4 Å². The van der Waals surface area contributed by atoms with Crippen LogP contribution in [0.1, 0.15) is 43.1 Å². The molecule has 2 N–H and O–H groups in total. The monoisotopic (exact) mass is 352 g/mol. The van der Waals surface area contributed by atoms with Gasteiger partial charge in [0.2, 0.25) is 5.91 Å². The number of benzene rings is 2. The van der Waals surface area contributed by atoms with Crippen LogP contribution < -0.4 is 10.6 Å². The minimum atomic E-state index is -0.554. The summed E-state index contributed by atoms with van der Waals surface area (Å²) in [5.41, 5.74) is 1.81. The van der Waals surface area contributed by atoms with Crippen molar-refractivity contribution in [3.63, 3.8) is 0 Å². The molecule has 0 saturated heterocycles. The van der Waals surface area contributed by atoms with E-state index in [2.05, 4.69) is 22.8 Å². The number of aryl methyl sites for hydroxylation is 1. The van der Waals surface area contributed by atoms with E-state index in [1.165, 1.54) is 5.56 Å². The van der Waals surface area contributed by atoms with Crippen molar-refractivity contribution in [3.05, 3.63) is 71.8 Å². The fourth-order valence-electron chi connectivity index (χ4n) is 2.78. The van der Waals surface area contributed by atoms with Crippen molar-refractivity contribution in [1.29, 1.82) is 0 Å². The Morgan fingerprint density at radius 3 is 2.00 bits per heavy atom. The van der Waals surface area contributed by atoms with Crippen molar-refractivity contribution in [1.82, 2.24) is 10.6 Å². The van der Waals surface area contributed by atoms with E-state index in [4.69, 9.17) is 0 Å². The second kappa shape index (κ2) is 9.76. The van der Waals surface area contributed by atoms with Crippen LogP contribution >= 0.6 is 0 Å². The number of hydrogen-bond donors (Lipinski definition) is 2. The summed E-state index contributed by atoms with van der Waals surface area (Å²) in [6.07, 6.45) is 1.76. The zero-order valence-electron chi connectivity index (χ0n) is 15.7. The van der Waals surface area contributed by atoms with Gasteiger partial charge in [0.15, 0.2) is 0 Å². The first-order valence-corrected chi connectivity index (χ1v) is 9.17. The number of hydrogen-bond acceptors (Lipinski definition) is 2. The summed E-state index contributed by atoms with van der Waals surface area (Å²) in [5, 5.41) is 5.90. The van der Waals surface area contributed by atoms with Crippen molar-refractivity contribution in [3.8, 4) is 0 Å². The van der Waals surface area contributed by atoms with Gasteiger partial charge in [0, 0.05) is 11.6 Å². The summed E-state index contributed by atoms with van der Waals surface area (Å²) < 4.78 is 0. The third-order valence-electron chi connectivity index (χ3n) is 4.37. The zero-order valence-corrected chi connectivity index (χ0v) is 15.7. The molecule has 0 bridgehead atoms. The van der Waals surface area contributed by atoms with Gasteiger partial charge in [0.25, 0.3) is 5.91 Å². The van der Waals surface area contributed by atoms with Gasteiger partial charge < -0.3 is 10.6 Å². The van der Waals surface area contributed by atoms with E-state index < -0.39 is 6.04 Å². The molecule has 26 heavy (non-hydrogen) atoms. The average molecular weight is 352 g/mol. The molecule has 0 aliphatic carbocycles. The minimum Gasteiger partial charge on any atom is -0.352 e. The smallest absolute Gasteiger partial charge is 0.251 e. The van der Waals surface area contributed by atoms with E-state index >= 15 is 0 Å². The molecule has 0 heterocycles. The van der Waals surface area contributed by atoms with Crippen LogP contribution in [0, 0.1) is 5.92 Å². The first-order chi connectivity index (χ1) is 12.5. The number of carbonyl (C=O) groups excluding carboxylic acids is 2. The van der Waals surface area contributed by atoms with Crippen LogP contribution in [0.4, 0.5) is 0 Å². The second-order valence-electron chi connectivity index (χ2n) is 7.00. The van der Waals surface area contributed by atoms with Crippen LogP contribution in [-0.2, 0) is 11.2 Å². The van der Waals surface area contributed by atoms with Crippen LogP contribution in [-0.4, -0.2) is 23.9 Å². The topological polar surface area (TPSA) is 58.2 Å².